The van der Waals surface area contributed by atoms with E-state index in [9.17, 15) is 9.90 Å². The summed E-state index contributed by atoms with van der Waals surface area (Å²) in [5, 5.41) is 10.2. The third-order valence-corrected chi connectivity index (χ3v) is 6.86. The molecular formula is C27H31FN4O3. The highest BCUT2D eigenvalue weighted by atomic mass is 19.1. The summed E-state index contributed by atoms with van der Waals surface area (Å²) >= 11 is 0. The molecule has 1 unspecified atom stereocenters. The van der Waals surface area contributed by atoms with E-state index in [0.717, 1.165) is 29.6 Å². The first-order valence-electron chi connectivity index (χ1n) is 11.9. The average molecular weight is 479 g/mol. The van der Waals surface area contributed by atoms with Crippen LogP contribution >= 0.6 is 0 Å². The van der Waals surface area contributed by atoms with Crippen molar-refractivity contribution in [1.82, 2.24) is 19.4 Å². The van der Waals surface area contributed by atoms with Crippen LogP contribution in [0, 0.1) is 23.7 Å². The fraction of sp³-hybridized carbons (Fsp3) is 0.444. The van der Waals surface area contributed by atoms with Crippen molar-refractivity contribution in [1.29, 1.82) is 0 Å². The summed E-state index contributed by atoms with van der Waals surface area (Å²) < 4.78 is 22.6. The number of imidazole rings is 1. The first-order valence-corrected chi connectivity index (χ1v) is 11.9. The van der Waals surface area contributed by atoms with Crippen molar-refractivity contribution in [3.63, 3.8) is 0 Å². The molecule has 1 aliphatic rings. The molecule has 3 atom stereocenters. The van der Waals surface area contributed by atoms with Gasteiger partial charge in [0.25, 0.3) is 0 Å². The van der Waals surface area contributed by atoms with E-state index in [1.807, 2.05) is 29.8 Å². The molecule has 0 spiro atoms. The molecule has 0 radical (unpaired) electrons. The number of aromatic nitrogens is 3. The lowest BCUT2D eigenvalue weighted by Gasteiger charge is -2.37. The van der Waals surface area contributed by atoms with Crippen LogP contribution in [0.2, 0.25) is 0 Å². The number of aryl methyl sites for hydroxylation is 1. The second kappa shape index (κ2) is 11.3. The minimum Gasteiger partial charge on any atom is -0.497 e. The molecular weight excluding hydrogens is 447 g/mol. The van der Waals surface area contributed by atoms with E-state index in [-0.39, 0.29) is 18.3 Å². The topological polar surface area (TPSA) is 80.5 Å². The summed E-state index contributed by atoms with van der Waals surface area (Å²) in [5.41, 5.74) is 2.18. The van der Waals surface area contributed by atoms with Crippen LogP contribution in [0.15, 0.2) is 43.0 Å². The number of halogens is 1. The van der Waals surface area contributed by atoms with Crippen molar-refractivity contribution in [2.24, 2.45) is 18.9 Å². The van der Waals surface area contributed by atoms with Crippen LogP contribution in [-0.4, -0.2) is 57.3 Å². The summed E-state index contributed by atoms with van der Waals surface area (Å²) in [7, 11) is 3.48. The fourth-order valence-corrected chi connectivity index (χ4v) is 4.92. The fourth-order valence-electron chi connectivity index (χ4n) is 4.92. The number of hydrogen-bond donors (Lipinski definition) is 1. The van der Waals surface area contributed by atoms with Crippen LogP contribution in [0.1, 0.15) is 43.1 Å². The van der Waals surface area contributed by atoms with Gasteiger partial charge in [0.15, 0.2) is 0 Å². The van der Waals surface area contributed by atoms with Gasteiger partial charge in [-0.05, 0) is 73.4 Å². The molecule has 1 saturated heterocycles. The van der Waals surface area contributed by atoms with E-state index >= 15 is 4.39 Å². The Labute approximate surface area is 204 Å². The number of benzene rings is 1. The van der Waals surface area contributed by atoms with Crippen molar-refractivity contribution in [2.75, 3.05) is 26.7 Å². The average Bonchev–Trinajstić information content (AvgIpc) is 3.26. The predicted octanol–water partition coefficient (Wildman–Crippen LogP) is 4.23. The summed E-state index contributed by atoms with van der Waals surface area (Å²) in [6.07, 6.45) is 5.82. The number of aliphatic carboxylic acids is 1. The Morgan fingerprint density at radius 1 is 1.34 bits per heavy atom. The highest BCUT2D eigenvalue weighted by Crippen LogP contribution is 2.36. The number of nitrogens with zero attached hydrogens (tertiary/aromatic N) is 4. The zero-order valence-electron chi connectivity index (χ0n) is 20.2. The van der Waals surface area contributed by atoms with Crippen LogP contribution in [0.3, 0.4) is 0 Å². The summed E-state index contributed by atoms with van der Waals surface area (Å²) in [6, 6.07) is 7.20. The largest absolute Gasteiger partial charge is 0.497 e. The van der Waals surface area contributed by atoms with Gasteiger partial charge in [-0.25, -0.2) is 9.37 Å². The van der Waals surface area contributed by atoms with Crippen molar-refractivity contribution in [3.05, 3.63) is 54.2 Å². The van der Waals surface area contributed by atoms with E-state index in [2.05, 4.69) is 26.7 Å². The Kier molecular flexibility index (Phi) is 7.98. The molecule has 3 heterocycles. The van der Waals surface area contributed by atoms with E-state index in [0.29, 0.717) is 37.2 Å². The van der Waals surface area contributed by atoms with Gasteiger partial charge in [-0.2, -0.15) is 0 Å². The molecule has 35 heavy (non-hydrogen) atoms. The zero-order chi connectivity index (χ0) is 24.8. The number of piperidine rings is 1. The number of ether oxygens (including phenoxy) is 1. The Morgan fingerprint density at radius 2 is 2.20 bits per heavy atom. The van der Waals surface area contributed by atoms with Gasteiger partial charge in [-0.1, -0.05) is 5.92 Å². The molecule has 0 amide bonds. The number of rotatable bonds is 8. The number of carboxylic acids is 1. The van der Waals surface area contributed by atoms with Crippen molar-refractivity contribution in [2.45, 2.75) is 31.9 Å². The lowest BCUT2D eigenvalue weighted by atomic mass is 9.79. The van der Waals surface area contributed by atoms with Gasteiger partial charge in [0, 0.05) is 31.6 Å². The molecule has 0 saturated carbocycles. The summed E-state index contributed by atoms with van der Waals surface area (Å²) in [5.74, 6) is 6.28. The third-order valence-electron chi connectivity index (χ3n) is 6.86. The molecule has 0 aliphatic carbocycles. The number of fused-ring (bicyclic) bond motifs is 1. The van der Waals surface area contributed by atoms with Gasteiger partial charge in [0.1, 0.15) is 17.6 Å². The maximum absolute atomic E-state index is 15.4. The molecule has 1 fully saturated rings. The van der Waals surface area contributed by atoms with Crippen molar-refractivity contribution >= 4 is 16.9 Å². The monoisotopic (exact) mass is 478 g/mol. The van der Waals surface area contributed by atoms with E-state index in [1.54, 1.807) is 31.9 Å². The minimum atomic E-state index is -1.15. The zero-order valence-corrected chi connectivity index (χ0v) is 20.2. The second-order valence-corrected chi connectivity index (χ2v) is 9.16. The highest BCUT2D eigenvalue weighted by molar-refractivity contribution is 5.83. The van der Waals surface area contributed by atoms with Crippen molar-refractivity contribution < 1.29 is 19.0 Å². The number of carbonyl (C=O) groups is 1. The molecule has 0 bridgehead atoms. The number of carboxylic acid groups (broad SMARTS) is 1. The Hall–Kier alpha value is -3.44. The highest BCUT2D eigenvalue weighted by Gasteiger charge is 2.31. The number of pyridine rings is 1. The summed E-state index contributed by atoms with van der Waals surface area (Å²) in [6.45, 7) is 2.06. The molecule has 1 aliphatic heterocycles. The second-order valence-electron chi connectivity index (χ2n) is 9.16. The molecule has 8 heteroatoms. The summed E-state index contributed by atoms with van der Waals surface area (Å²) in [4.78, 5) is 22.1. The number of likely N-dealkylation sites (tertiary alicyclic amines) is 1. The number of methoxy groups -OCH3 is 1. The van der Waals surface area contributed by atoms with Gasteiger partial charge < -0.3 is 14.4 Å². The van der Waals surface area contributed by atoms with Crippen molar-refractivity contribution in [3.8, 4) is 17.6 Å². The molecule has 2 aromatic heterocycles. The standard InChI is InChI=1S/C27H31FN4O3/c1-31-18-29-16-21(31)4-3-12-32-13-10-19(20(17-32)14-27(33)34)5-7-25(28)23-9-11-30-26-8-6-22(35-2)15-24(23)26/h6,8-9,11,15-16,18-20,25H,5,7,10,12-14,17H2,1-2H3,(H,33,34)/t19-,20+,25?/m1/s1. The number of alkyl halides is 1. The van der Waals surface area contributed by atoms with E-state index < -0.39 is 12.1 Å². The quantitative estimate of drug-likeness (QED) is 0.488. The maximum atomic E-state index is 15.4. The molecule has 1 aromatic carbocycles. The van der Waals surface area contributed by atoms with E-state index in [4.69, 9.17) is 4.74 Å². The Morgan fingerprint density at radius 3 is 2.94 bits per heavy atom. The maximum Gasteiger partial charge on any atom is 0.303 e. The molecule has 7 nitrogen and oxygen atoms in total. The molecule has 3 aromatic rings. The van der Waals surface area contributed by atoms with Crippen LogP contribution in [-0.2, 0) is 11.8 Å². The van der Waals surface area contributed by atoms with Crippen LogP contribution in [0.5, 0.6) is 5.75 Å². The predicted molar refractivity (Wildman–Crippen MR) is 132 cm³/mol. The van der Waals surface area contributed by atoms with Gasteiger partial charge in [-0.15, -0.1) is 0 Å². The van der Waals surface area contributed by atoms with Gasteiger partial charge in [0.05, 0.1) is 31.7 Å². The third kappa shape index (κ3) is 6.17. The van der Waals surface area contributed by atoms with Gasteiger partial charge >= 0.3 is 5.97 Å². The minimum absolute atomic E-state index is 0.0266. The van der Waals surface area contributed by atoms with E-state index in [1.165, 1.54) is 0 Å². The first kappa shape index (κ1) is 24.7. The van der Waals surface area contributed by atoms with Gasteiger partial charge in [-0.3, -0.25) is 14.7 Å². The normalized spacial score (nSPS) is 19.2. The smallest absolute Gasteiger partial charge is 0.303 e. The molecule has 4 rings (SSSR count). The lowest BCUT2D eigenvalue weighted by Crippen LogP contribution is -2.41. The first-order chi connectivity index (χ1) is 16.9. The number of hydrogen-bond acceptors (Lipinski definition) is 5. The van der Waals surface area contributed by atoms with Gasteiger partial charge in [0.2, 0.25) is 0 Å². The van der Waals surface area contributed by atoms with Crippen LogP contribution in [0.25, 0.3) is 10.9 Å². The SMILES string of the molecule is COc1ccc2nccc(C(F)CC[C@@H]3CCN(CC#Cc4cncn4C)C[C@@H]3CC(=O)O)c2c1. The lowest BCUT2D eigenvalue weighted by molar-refractivity contribution is -0.139. The van der Waals surface area contributed by atoms with Crippen LogP contribution < -0.4 is 4.74 Å². The Bertz CT molecular complexity index is 1230. The molecule has 184 valence electrons. The Balaban J connectivity index is 1.39. The molecule has 1 N–H and O–H groups in total. The van der Waals surface area contributed by atoms with Crippen LogP contribution in [0.4, 0.5) is 4.39 Å².